The molecule has 3 aromatic carbocycles. The summed E-state index contributed by atoms with van der Waals surface area (Å²) in [4.78, 5) is 12.7. The summed E-state index contributed by atoms with van der Waals surface area (Å²) < 4.78 is 5.21. The largest absolute Gasteiger partial charge is 0.497 e. The number of methoxy groups -OCH3 is 1. The van der Waals surface area contributed by atoms with Crippen LogP contribution >= 0.6 is 11.6 Å². The maximum Gasteiger partial charge on any atom is 0.135 e. The van der Waals surface area contributed by atoms with Gasteiger partial charge in [-0.1, -0.05) is 54.1 Å². The van der Waals surface area contributed by atoms with Gasteiger partial charge in [0.1, 0.15) is 11.5 Å². The number of rotatable bonds is 9. The van der Waals surface area contributed by atoms with E-state index in [1.54, 1.807) is 7.11 Å². The molecule has 0 aliphatic carbocycles. The molecule has 4 heteroatoms. The van der Waals surface area contributed by atoms with Crippen molar-refractivity contribution in [1.29, 1.82) is 0 Å². The quantitative estimate of drug-likeness (QED) is 0.477. The molecule has 0 radical (unpaired) electrons. The maximum absolute atomic E-state index is 12.7. The lowest BCUT2D eigenvalue weighted by Gasteiger charge is -2.20. The van der Waals surface area contributed by atoms with Crippen LogP contribution in [0.2, 0.25) is 5.02 Å². The van der Waals surface area contributed by atoms with Crippen LogP contribution in [0, 0.1) is 0 Å². The normalized spacial score (nSPS) is 11.6. The van der Waals surface area contributed by atoms with Gasteiger partial charge in [0.25, 0.3) is 0 Å². The number of ether oxygens (including phenoxy) is 1. The summed E-state index contributed by atoms with van der Waals surface area (Å²) >= 11 is 6.18. The highest BCUT2D eigenvalue weighted by atomic mass is 35.5. The van der Waals surface area contributed by atoms with Gasteiger partial charge in [-0.05, 0) is 53.9 Å². The Morgan fingerprint density at radius 3 is 2.43 bits per heavy atom. The second kappa shape index (κ2) is 9.95. The molecule has 0 bridgehead atoms. The first-order valence-electron chi connectivity index (χ1n) is 9.36. The van der Waals surface area contributed by atoms with Crippen molar-refractivity contribution >= 4 is 23.1 Å². The number of ketones is 1. The SMILES string of the molecule is COc1ccc(NC(CC(=O)CCc2ccccc2)c2cccc(Cl)c2)cc1. The second-order valence-electron chi connectivity index (χ2n) is 6.71. The molecule has 3 nitrogen and oxygen atoms in total. The van der Waals surface area contributed by atoms with Gasteiger partial charge in [0.15, 0.2) is 0 Å². The van der Waals surface area contributed by atoms with Crippen molar-refractivity contribution in [2.45, 2.75) is 25.3 Å². The molecule has 1 unspecified atom stereocenters. The topological polar surface area (TPSA) is 38.3 Å². The summed E-state index contributed by atoms with van der Waals surface area (Å²) in [7, 11) is 1.64. The van der Waals surface area contributed by atoms with E-state index in [0.717, 1.165) is 23.4 Å². The van der Waals surface area contributed by atoms with Crippen molar-refractivity contribution in [2.24, 2.45) is 0 Å². The van der Waals surface area contributed by atoms with Crippen LogP contribution in [0.15, 0.2) is 78.9 Å². The van der Waals surface area contributed by atoms with Crippen LogP contribution in [0.4, 0.5) is 5.69 Å². The molecule has 144 valence electrons. The molecule has 28 heavy (non-hydrogen) atoms. The number of hydrogen-bond donors (Lipinski definition) is 1. The minimum Gasteiger partial charge on any atom is -0.497 e. The third-order valence-electron chi connectivity index (χ3n) is 4.65. The zero-order valence-corrected chi connectivity index (χ0v) is 16.7. The van der Waals surface area contributed by atoms with E-state index in [2.05, 4.69) is 17.4 Å². The summed E-state index contributed by atoms with van der Waals surface area (Å²) in [5, 5.41) is 4.13. The van der Waals surface area contributed by atoms with E-state index in [0.29, 0.717) is 17.9 Å². The smallest absolute Gasteiger partial charge is 0.135 e. The Morgan fingerprint density at radius 1 is 1.00 bits per heavy atom. The van der Waals surface area contributed by atoms with Crippen molar-refractivity contribution in [3.8, 4) is 5.75 Å². The van der Waals surface area contributed by atoms with E-state index in [-0.39, 0.29) is 11.8 Å². The summed E-state index contributed by atoms with van der Waals surface area (Å²) in [5.74, 6) is 1.01. The highest BCUT2D eigenvalue weighted by molar-refractivity contribution is 6.30. The molecule has 0 saturated heterocycles. The molecule has 3 aromatic rings. The van der Waals surface area contributed by atoms with E-state index in [4.69, 9.17) is 16.3 Å². The van der Waals surface area contributed by atoms with Gasteiger partial charge < -0.3 is 10.1 Å². The first-order chi connectivity index (χ1) is 13.6. The van der Waals surface area contributed by atoms with Crippen LogP contribution in [0.3, 0.4) is 0 Å². The van der Waals surface area contributed by atoms with E-state index >= 15 is 0 Å². The number of halogens is 1. The number of anilines is 1. The van der Waals surface area contributed by atoms with Crippen LogP contribution in [0.1, 0.15) is 30.0 Å². The standard InChI is InChI=1S/C24H24ClNO2/c1-28-23-14-11-21(12-15-23)26-24(19-8-5-9-20(25)16-19)17-22(27)13-10-18-6-3-2-4-7-18/h2-9,11-12,14-16,24,26H,10,13,17H2,1H3. The Kier molecular flexibility index (Phi) is 7.10. The molecule has 0 fully saturated rings. The number of hydrogen-bond acceptors (Lipinski definition) is 3. The zero-order valence-electron chi connectivity index (χ0n) is 15.9. The van der Waals surface area contributed by atoms with E-state index in [9.17, 15) is 4.79 Å². The van der Waals surface area contributed by atoms with Gasteiger partial charge in [-0.25, -0.2) is 0 Å². The number of Topliss-reactive ketones (excluding diaryl/α,β-unsaturated/α-hetero) is 1. The number of nitrogens with one attached hydrogen (secondary N) is 1. The predicted octanol–water partition coefficient (Wildman–Crippen LogP) is 6.09. The molecule has 0 aliphatic heterocycles. The first-order valence-corrected chi connectivity index (χ1v) is 9.73. The molecule has 1 N–H and O–H groups in total. The minimum absolute atomic E-state index is 0.143. The summed E-state index contributed by atoms with van der Waals surface area (Å²) in [5.41, 5.74) is 3.11. The van der Waals surface area contributed by atoms with Gasteiger partial charge in [-0.15, -0.1) is 0 Å². The number of carbonyl (C=O) groups excluding carboxylic acids is 1. The van der Waals surface area contributed by atoms with Gasteiger partial charge in [0.05, 0.1) is 13.2 Å². The Bertz CT molecular complexity index is 894. The number of aryl methyl sites for hydroxylation is 1. The zero-order chi connectivity index (χ0) is 19.8. The van der Waals surface area contributed by atoms with Crippen LogP contribution in [0.25, 0.3) is 0 Å². The molecular weight excluding hydrogens is 370 g/mol. The molecule has 0 aliphatic rings. The Labute approximate surface area is 171 Å². The molecule has 1 atom stereocenters. The highest BCUT2D eigenvalue weighted by Crippen LogP contribution is 2.27. The number of benzene rings is 3. The van der Waals surface area contributed by atoms with E-state index in [1.807, 2.05) is 66.7 Å². The summed E-state index contributed by atoms with van der Waals surface area (Å²) in [6, 6.07) is 25.3. The van der Waals surface area contributed by atoms with Gasteiger partial charge in [-0.3, -0.25) is 4.79 Å². The van der Waals surface area contributed by atoms with Crippen molar-refractivity contribution in [1.82, 2.24) is 0 Å². The van der Waals surface area contributed by atoms with Gasteiger partial charge >= 0.3 is 0 Å². The van der Waals surface area contributed by atoms with Crippen LogP contribution < -0.4 is 10.1 Å². The van der Waals surface area contributed by atoms with Crippen LogP contribution in [0.5, 0.6) is 5.75 Å². The van der Waals surface area contributed by atoms with E-state index < -0.39 is 0 Å². The van der Waals surface area contributed by atoms with Gasteiger partial charge in [-0.2, -0.15) is 0 Å². The summed E-state index contributed by atoms with van der Waals surface area (Å²) in [6.45, 7) is 0. The monoisotopic (exact) mass is 393 g/mol. The molecular formula is C24H24ClNO2. The van der Waals surface area contributed by atoms with Gasteiger partial charge in [0, 0.05) is 23.6 Å². The third-order valence-corrected chi connectivity index (χ3v) is 4.88. The van der Waals surface area contributed by atoms with Crippen molar-refractivity contribution in [3.05, 3.63) is 95.0 Å². The maximum atomic E-state index is 12.7. The van der Waals surface area contributed by atoms with Crippen LogP contribution in [-0.2, 0) is 11.2 Å². The lowest BCUT2D eigenvalue weighted by Crippen LogP contribution is -2.16. The third kappa shape index (κ3) is 5.86. The average molecular weight is 394 g/mol. The second-order valence-corrected chi connectivity index (χ2v) is 7.15. The summed E-state index contributed by atoms with van der Waals surface area (Å²) in [6.07, 6.45) is 1.68. The fourth-order valence-corrected chi connectivity index (χ4v) is 3.32. The lowest BCUT2D eigenvalue weighted by molar-refractivity contribution is -0.119. The molecule has 0 spiro atoms. The average Bonchev–Trinajstić information content (AvgIpc) is 2.73. The first kappa shape index (κ1) is 20.0. The van der Waals surface area contributed by atoms with Crippen molar-refractivity contribution < 1.29 is 9.53 Å². The Balaban J connectivity index is 1.70. The van der Waals surface area contributed by atoms with Gasteiger partial charge in [0.2, 0.25) is 0 Å². The van der Waals surface area contributed by atoms with E-state index in [1.165, 1.54) is 5.56 Å². The fraction of sp³-hybridized carbons (Fsp3) is 0.208. The molecule has 0 heterocycles. The Hall–Kier alpha value is -2.78. The highest BCUT2D eigenvalue weighted by Gasteiger charge is 2.17. The lowest BCUT2D eigenvalue weighted by atomic mass is 9.97. The molecule has 0 aromatic heterocycles. The molecule has 0 amide bonds. The molecule has 3 rings (SSSR count). The Morgan fingerprint density at radius 2 is 1.75 bits per heavy atom. The fourth-order valence-electron chi connectivity index (χ4n) is 3.12. The van der Waals surface area contributed by atoms with Crippen molar-refractivity contribution in [3.63, 3.8) is 0 Å². The molecule has 0 saturated carbocycles. The van der Waals surface area contributed by atoms with Crippen LogP contribution in [-0.4, -0.2) is 12.9 Å². The predicted molar refractivity (Wildman–Crippen MR) is 115 cm³/mol. The van der Waals surface area contributed by atoms with Crippen molar-refractivity contribution in [2.75, 3.05) is 12.4 Å². The minimum atomic E-state index is -0.143. The number of carbonyl (C=O) groups is 1.